The molecule has 0 aliphatic heterocycles. The van der Waals surface area contributed by atoms with Crippen molar-refractivity contribution in [2.45, 2.75) is 33.4 Å². The Bertz CT molecular complexity index is 1080. The lowest BCUT2D eigenvalue weighted by Gasteiger charge is -2.10. The number of hydrogen-bond donors (Lipinski definition) is 0. The van der Waals surface area contributed by atoms with Crippen molar-refractivity contribution in [2.75, 3.05) is 0 Å². The van der Waals surface area contributed by atoms with Crippen LogP contribution < -0.4 is 4.80 Å². The molecular formula is C23H24N4S. The fraction of sp³-hybridized carbons (Fsp3) is 0.217. The molecule has 0 saturated carbocycles. The highest BCUT2D eigenvalue weighted by Crippen LogP contribution is 2.22. The van der Waals surface area contributed by atoms with Gasteiger partial charge in [-0.05, 0) is 38.0 Å². The molecule has 0 atom stereocenters. The Labute approximate surface area is 169 Å². The van der Waals surface area contributed by atoms with E-state index in [4.69, 9.17) is 4.99 Å². The van der Waals surface area contributed by atoms with Crippen molar-refractivity contribution >= 4 is 17.0 Å². The van der Waals surface area contributed by atoms with Gasteiger partial charge in [-0.2, -0.15) is 0 Å². The van der Waals surface area contributed by atoms with Crippen LogP contribution in [-0.2, 0) is 13.1 Å². The lowest BCUT2D eigenvalue weighted by atomic mass is 10.1. The zero-order chi connectivity index (χ0) is 19.3. The number of hydrogen-bond acceptors (Lipinski definition) is 3. The van der Waals surface area contributed by atoms with Crippen molar-refractivity contribution in [1.29, 1.82) is 0 Å². The first-order valence-corrected chi connectivity index (χ1v) is 10.4. The van der Waals surface area contributed by atoms with Gasteiger partial charge in [0, 0.05) is 30.9 Å². The van der Waals surface area contributed by atoms with E-state index in [1.165, 1.54) is 22.4 Å². The second-order valence-corrected chi connectivity index (χ2v) is 7.86. The third-order valence-electron chi connectivity index (χ3n) is 4.76. The molecular weight excluding hydrogens is 364 g/mol. The fourth-order valence-electron chi connectivity index (χ4n) is 3.15. The van der Waals surface area contributed by atoms with Gasteiger partial charge in [0.15, 0.2) is 4.80 Å². The van der Waals surface area contributed by atoms with Gasteiger partial charge in [0.2, 0.25) is 0 Å². The average molecular weight is 389 g/mol. The first kappa shape index (κ1) is 18.4. The van der Waals surface area contributed by atoms with Crippen molar-refractivity contribution in [3.05, 3.63) is 88.6 Å². The summed E-state index contributed by atoms with van der Waals surface area (Å²) >= 11 is 1.70. The molecule has 0 N–H and O–H groups in total. The van der Waals surface area contributed by atoms with Gasteiger partial charge in [0.25, 0.3) is 0 Å². The van der Waals surface area contributed by atoms with E-state index < -0.39 is 0 Å². The van der Waals surface area contributed by atoms with Gasteiger partial charge in [-0.3, -0.25) is 0 Å². The van der Waals surface area contributed by atoms with Crippen LogP contribution in [0.2, 0.25) is 0 Å². The molecule has 0 fully saturated rings. The summed E-state index contributed by atoms with van der Waals surface area (Å²) in [7, 11) is 0. The molecule has 0 radical (unpaired) electrons. The summed E-state index contributed by atoms with van der Waals surface area (Å²) in [4.78, 5) is 10.1. The minimum absolute atomic E-state index is 0.912. The van der Waals surface area contributed by atoms with Crippen LogP contribution in [0.5, 0.6) is 0 Å². The zero-order valence-corrected chi connectivity index (χ0v) is 17.1. The number of nitrogens with zero attached hydrogens (tertiary/aromatic N) is 4. The quantitative estimate of drug-likeness (QED) is 0.438. The average Bonchev–Trinajstić information content (AvgIpc) is 3.35. The highest BCUT2D eigenvalue weighted by Gasteiger charge is 2.08. The molecule has 2 heterocycles. The predicted molar refractivity (Wildman–Crippen MR) is 116 cm³/mol. The molecule has 0 aliphatic carbocycles. The standard InChI is InChI=1S/C23H24N4S/c1-18-4-8-20(9-5-18)22-16-28-23(25-21-10-6-19(2)7-11-21)27(22)14-3-13-26-15-12-24-17-26/h4-12,15-17H,3,13-14H2,1-2H3. The molecule has 2 aromatic carbocycles. The fourth-order valence-corrected chi connectivity index (χ4v) is 4.11. The normalized spacial score (nSPS) is 11.9. The summed E-state index contributed by atoms with van der Waals surface area (Å²) in [6.45, 7) is 6.07. The van der Waals surface area contributed by atoms with Crippen LogP contribution in [0.25, 0.3) is 11.3 Å². The van der Waals surface area contributed by atoms with E-state index >= 15 is 0 Å². The maximum atomic E-state index is 4.92. The van der Waals surface area contributed by atoms with Crippen LogP contribution in [-0.4, -0.2) is 14.1 Å². The second-order valence-electron chi connectivity index (χ2n) is 7.02. The summed E-state index contributed by atoms with van der Waals surface area (Å²) in [6.07, 6.45) is 6.73. The van der Waals surface area contributed by atoms with Crippen molar-refractivity contribution in [3.63, 3.8) is 0 Å². The Morgan fingerprint density at radius 3 is 2.32 bits per heavy atom. The molecule has 2 aromatic heterocycles. The van der Waals surface area contributed by atoms with Crippen LogP contribution in [0.4, 0.5) is 5.69 Å². The Morgan fingerprint density at radius 2 is 1.64 bits per heavy atom. The molecule has 4 rings (SSSR count). The Hall–Kier alpha value is -2.92. The van der Waals surface area contributed by atoms with Crippen LogP contribution in [0.3, 0.4) is 0 Å². The van der Waals surface area contributed by atoms with E-state index in [-0.39, 0.29) is 0 Å². The van der Waals surface area contributed by atoms with E-state index in [1.54, 1.807) is 11.3 Å². The smallest absolute Gasteiger partial charge is 0.190 e. The van der Waals surface area contributed by atoms with Crippen molar-refractivity contribution < 1.29 is 0 Å². The van der Waals surface area contributed by atoms with E-state index in [0.717, 1.165) is 30.0 Å². The van der Waals surface area contributed by atoms with Gasteiger partial charge in [-0.25, -0.2) is 9.98 Å². The number of rotatable bonds is 6. The number of thiazole rings is 1. The molecule has 0 aliphatic rings. The zero-order valence-electron chi connectivity index (χ0n) is 16.2. The van der Waals surface area contributed by atoms with Gasteiger partial charge in [-0.1, -0.05) is 47.5 Å². The summed E-state index contributed by atoms with van der Waals surface area (Å²) in [5.74, 6) is 0. The van der Waals surface area contributed by atoms with E-state index in [0.29, 0.717) is 0 Å². The molecule has 4 nitrogen and oxygen atoms in total. The summed E-state index contributed by atoms with van der Waals surface area (Å²) in [5, 5.41) is 2.22. The first-order chi connectivity index (χ1) is 13.7. The Balaban J connectivity index is 1.68. The number of aromatic nitrogens is 3. The second kappa shape index (κ2) is 8.40. The van der Waals surface area contributed by atoms with Gasteiger partial charge in [0.1, 0.15) is 0 Å². The largest absolute Gasteiger partial charge is 0.337 e. The lowest BCUT2D eigenvalue weighted by Crippen LogP contribution is -2.17. The van der Waals surface area contributed by atoms with Crippen LogP contribution in [0.15, 0.2) is 77.6 Å². The molecule has 5 heteroatoms. The van der Waals surface area contributed by atoms with E-state index in [2.05, 4.69) is 81.9 Å². The highest BCUT2D eigenvalue weighted by atomic mass is 32.1. The minimum atomic E-state index is 0.912. The third kappa shape index (κ3) is 4.31. The molecule has 0 spiro atoms. The van der Waals surface area contributed by atoms with Crippen molar-refractivity contribution in [3.8, 4) is 11.3 Å². The van der Waals surface area contributed by atoms with Gasteiger partial charge in [-0.15, -0.1) is 11.3 Å². The molecule has 0 unspecified atom stereocenters. The first-order valence-electron chi connectivity index (χ1n) is 9.51. The lowest BCUT2D eigenvalue weighted by molar-refractivity contribution is 0.559. The Morgan fingerprint density at radius 1 is 0.929 bits per heavy atom. The number of benzene rings is 2. The minimum Gasteiger partial charge on any atom is -0.337 e. The summed E-state index contributed by atoms with van der Waals surface area (Å²) in [6, 6.07) is 17.1. The molecule has 0 bridgehead atoms. The van der Waals surface area contributed by atoms with Gasteiger partial charge >= 0.3 is 0 Å². The molecule has 28 heavy (non-hydrogen) atoms. The van der Waals surface area contributed by atoms with Crippen molar-refractivity contribution in [2.24, 2.45) is 4.99 Å². The molecule has 142 valence electrons. The predicted octanol–water partition coefficient (Wildman–Crippen LogP) is 5.35. The van der Waals surface area contributed by atoms with Crippen molar-refractivity contribution in [1.82, 2.24) is 14.1 Å². The maximum Gasteiger partial charge on any atom is 0.190 e. The van der Waals surface area contributed by atoms with E-state index in [1.807, 2.05) is 18.7 Å². The van der Waals surface area contributed by atoms with E-state index in [9.17, 15) is 0 Å². The monoisotopic (exact) mass is 388 g/mol. The highest BCUT2D eigenvalue weighted by molar-refractivity contribution is 7.07. The third-order valence-corrected chi connectivity index (χ3v) is 5.62. The van der Waals surface area contributed by atoms with Gasteiger partial charge < -0.3 is 9.13 Å². The number of imidazole rings is 1. The molecule has 0 amide bonds. The van der Waals surface area contributed by atoms with Crippen LogP contribution >= 0.6 is 11.3 Å². The van der Waals surface area contributed by atoms with Crippen LogP contribution in [0.1, 0.15) is 17.5 Å². The van der Waals surface area contributed by atoms with Gasteiger partial charge in [0.05, 0.1) is 17.7 Å². The summed E-state index contributed by atoms with van der Waals surface area (Å²) < 4.78 is 4.46. The summed E-state index contributed by atoms with van der Waals surface area (Å²) in [5.41, 5.74) is 5.97. The maximum absolute atomic E-state index is 4.92. The van der Waals surface area contributed by atoms with Crippen LogP contribution in [0, 0.1) is 13.8 Å². The molecule has 4 aromatic rings. The molecule has 0 saturated heterocycles. The topological polar surface area (TPSA) is 35.1 Å². The number of aryl methyl sites for hydroxylation is 3. The Kier molecular flexibility index (Phi) is 5.53. The SMILES string of the molecule is Cc1ccc(N=c2scc(-c3ccc(C)cc3)n2CCCn2ccnc2)cc1.